The van der Waals surface area contributed by atoms with Crippen LogP contribution >= 0.6 is 0 Å². The molecule has 1 aliphatic rings. The maximum Gasteiger partial charge on any atom is 0.410 e. The SMILES string of the molecule is CC(C)(C)OC(=O)N1CCCC1CCOS(=O)(=O)Cc1ccccc1. The zero-order valence-corrected chi connectivity index (χ0v) is 15.9. The second-order valence-electron chi connectivity index (χ2n) is 7.27. The minimum Gasteiger partial charge on any atom is -0.444 e. The highest BCUT2D eigenvalue weighted by Crippen LogP contribution is 2.23. The molecule has 1 amide bonds. The van der Waals surface area contributed by atoms with Crippen LogP contribution in [0, 0.1) is 0 Å². The van der Waals surface area contributed by atoms with Gasteiger partial charge in [0, 0.05) is 12.6 Å². The summed E-state index contributed by atoms with van der Waals surface area (Å²) in [4.78, 5) is 13.9. The van der Waals surface area contributed by atoms with Crippen LogP contribution in [0.5, 0.6) is 0 Å². The third-order valence-electron chi connectivity index (χ3n) is 3.91. The summed E-state index contributed by atoms with van der Waals surface area (Å²) in [6.07, 6.45) is 1.86. The molecule has 1 aromatic carbocycles. The first kappa shape index (κ1) is 19.7. The molecule has 25 heavy (non-hydrogen) atoms. The maximum atomic E-state index is 12.2. The van der Waals surface area contributed by atoms with Gasteiger partial charge in [-0.1, -0.05) is 30.3 Å². The van der Waals surface area contributed by atoms with Gasteiger partial charge in [0.2, 0.25) is 0 Å². The monoisotopic (exact) mass is 369 g/mol. The van der Waals surface area contributed by atoms with E-state index in [9.17, 15) is 13.2 Å². The molecule has 0 aliphatic carbocycles. The number of nitrogens with zero attached hydrogens (tertiary/aromatic N) is 1. The first-order valence-electron chi connectivity index (χ1n) is 8.57. The number of amides is 1. The summed E-state index contributed by atoms with van der Waals surface area (Å²) in [5.41, 5.74) is 0.151. The van der Waals surface area contributed by atoms with Crippen molar-refractivity contribution in [3.63, 3.8) is 0 Å². The number of rotatable bonds is 6. The van der Waals surface area contributed by atoms with Gasteiger partial charge in [-0.15, -0.1) is 0 Å². The summed E-state index contributed by atoms with van der Waals surface area (Å²) in [6, 6.07) is 8.89. The van der Waals surface area contributed by atoms with Crippen LogP contribution < -0.4 is 0 Å². The van der Waals surface area contributed by atoms with Crippen LogP contribution in [0.15, 0.2) is 30.3 Å². The highest BCUT2D eigenvalue weighted by Gasteiger charge is 2.32. The molecule has 2 rings (SSSR count). The second-order valence-corrected chi connectivity index (χ2v) is 8.91. The number of likely N-dealkylation sites (tertiary alicyclic amines) is 1. The lowest BCUT2D eigenvalue weighted by Gasteiger charge is -2.28. The molecule has 1 aliphatic heterocycles. The number of carbonyl (C=O) groups excluding carboxylic acids is 1. The molecule has 1 saturated heterocycles. The van der Waals surface area contributed by atoms with Crippen molar-refractivity contribution in [3.05, 3.63) is 35.9 Å². The zero-order valence-electron chi connectivity index (χ0n) is 15.1. The number of hydrogen-bond acceptors (Lipinski definition) is 5. The third-order valence-corrected chi connectivity index (χ3v) is 5.12. The van der Waals surface area contributed by atoms with Crippen LogP contribution in [0.2, 0.25) is 0 Å². The van der Waals surface area contributed by atoms with Gasteiger partial charge < -0.3 is 9.64 Å². The highest BCUT2D eigenvalue weighted by atomic mass is 32.2. The van der Waals surface area contributed by atoms with Gasteiger partial charge >= 0.3 is 6.09 Å². The van der Waals surface area contributed by atoms with Gasteiger partial charge in [-0.2, -0.15) is 8.42 Å². The Hall–Kier alpha value is -1.60. The molecule has 0 bridgehead atoms. The molecule has 0 spiro atoms. The van der Waals surface area contributed by atoms with Crippen LogP contribution in [-0.4, -0.2) is 44.2 Å². The normalized spacial score (nSPS) is 18.4. The topological polar surface area (TPSA) is 72.9 Å². The van der Waals surface area contributed by atoms with Crippen molar-refractivity contribution in [2.75, 3.05) is 13.2 Å². The van der Waals surface area contributed by atoms with Gasteiger partial charge in [-0.25, -0.2) is 4.79 Å². The van der Waals surface area contributed by atoms with Crippen molar-refractivity contribution in [1.29, 1.82) is 0 Å². The average Bonchev–Trinajstić information content (AvgIpc) is 2.94. The quantitative estimate of drug-likeness (QED) is 0.719. The average molecular weight is 369 g/mol. The lowest BCUT2D eigenvalue weighted by molar-refractivity contribution is 0.0212. The van der Waals surface area contributed by atoms with E-state index >= 15 is 0 Å². The van der Waals surface area contributed by atoms with Gasteiger partial charge in [-0.05, 0) is 45.6 Å². The van der Waals surface area contributed by atoms with Crippen molar-refractivity contribution in [2.24, 2.45) is 0 Å². The molecule has 1 unspecified atom stereocenters. The fourth-order valence-electron chi connectivity index (χ4n) is 2.83. The molecule has 0 aromatic heterocycles. The largest absolute Gasteiger partial charge is 0.444 e. The Kier molecular flexibility index (Phi) is 6.46. The van der Waals surface area contributed by atoms with E-state index in [2.05, 4.69) is 0 Å². The molecule has 1 aromatic rings. The van der Waals surface area contributed by atoms with E-state index in [1.807, 2.05) is 26.8 Å². The van der Waals surface area contributed by atoms with Crippen LogP contribution in [0.1, 0.15) is 45.6 Å². The van der Waals surface area contributed by atoms with Crippen molar-refractivity contribution in [3.8, 4) is 0 Å². The van der Waals surface area contributed by atoms with E-state index < -0.39 is 15.7 Å². The Morgan fingerprint density at radius 2 is 1.92 bits per heavy atom. The molecule has 1 atom stereocenters. The number of ether oxygens (including phenoxy) is 1. The van der Waals surface area contributed by atoms with E-state index in [4.69, 9.17) is 8.92 Å². The van der Waals surface area contributed by atoms with Gasteiger partial charge in [0.25, 0.3) is 10.1 Å². The van der Waals surface area contributed by atoms with Gasteiger partial charge in [0.15, 0.2) is 0 Å². The van der Waals surface area contributed by atoms with E-state index in [0.29, 0.717) is 18.5 Å². The van der Waals surface area contributed by atoms with Gasteiger partial charge in [0.05, 0.1) is 6.61 Å². The van der Waals surface area contributed by atoms with Gasteiger partial charge in [-0.3, -0.25) is 4.18 Å². The van der Waals surface area contributed by atoms with Crippen LogP contribution in [0.4, 0.5) is 4.79 Å². The molecule has 1 heterocycles. The second kappa shape index (κ2) is 8.19. The molecule has 140 valence electrons. The molecular formula is C18H27NO5S. The highest BCUT2D eigenvalue weighted by molar-refractivity contribution is 7.85. The smallest absolute Gasteiger partial charge is 0.410 e. The van der Waals surface area contributed by atoms with E-state index in [1.54, 1.807) is 29.2 Å². The molecule has 6 nitrogen and oxygen atoms in total. The summed E-state index contributed by atoms with van der Waals surface area (Å²) in [7, 11) is -3.63. The Morgan fingerprint density at radius 3 is 2.56 bits per heavy atom. The summed E-state index contributed by atoms with van der Waals surface area (Å²) < 4.78 is 34.6. The fraction of sp³-hybridized carbons (Fsp3) is 0.611. The minimum atomic E-state index is -3.63. The van der Waals surface area contributed by atoms with Crippen molar-refractivity contribution in [1.82, 2.24) is 4.90 Å². The molecular weight excluding hydrogens is 342 g/mol. The van der Waals surface area contributed by atoms with Crippen molar-refractivity contribution >= 4 is 16.2 Å². The minimum absolute atomic E-state index is 0.0400. The standard InChI is InChI=1S/C18H27NO5S/c1-18(2,3)24-17(20)19-12-7-10-16(19)11-13-23-25(21,22)14-15-8-5-4-6-9-15/h4-6,8-9,16H,7,10-14H2,1-3H3. The maximum absolute atomic E-state index is 12.2. The predicted octanol–water partition coefficient (Wildman–Crippen LogP) is 3.32. The zero-order chi connectivity index (χ0) is 18.5. The van der Waals surface area contributed by atoms with E-state index in [0.717, 1.165) is 12.8 Å². The molecule has 1 fully saturated rings. The van der Waals surface area contributed by atoms with Crippen LogP contribution in [0.25, 0.3) is 0 Å². The lowest BCUT2D eigenvalue weighted by atomic mass is 10.1. The molecule has 0 N–H and O–H groups in total. The number of carbonyl (C=O) groups is 1. The summed E-state index contributed by atoms with van der Waals surface area (Å²) >= 11 is 0. The van der Waals surface area contributed by atoms with E-state index in [-0.39, 0.29) is 24.5 Å². The summed E-state index contributed by atoms with van der Waals surface area (Å²) in [5, 5.41) is 0. The predicted molar refractivity (Wildman–Crippen MR) is 95.6 cm³/mol. The Labute approximate surface area is 150 Å². The molecule has 7 heteroatoms. The summed E-state index contributed by atoms with van der Waals surface area (Å²) in [5.74, 6) is -0.145. The van der Waals surface area contributed by atoms with Crippen LogP contribution in [0.3, 0.4) is 0 Å². The number of benzene rings is 1. The first-order chi connectivity index (χ1) is 11.7. The first-order valence-corrected chi connectivity index (χ1v) is 10.1. The lowest BCUT2D eigenvalue weighted by Crippen LogP contribution is -2.40. The van der Waals surface area contributed by atoms with E-state index in [1.165, 1.54) is 0 Å². The van der Waals surface area contributed by atoms with Crippen molar-refractivity contribution in [2.45, 2.75) is 57.4 Å². The Balaban J connectivity index is 1.83. The number of hydrogen-bond donors (Lipinski definition) is 0. The molecule has 0 radical (unpaired) electrons. The Morgan fingerprint density at radius 1 is 1.24 bits per heavy atom. The molecule has 0 saturated carbocycles. The Bertz CT molecular complexity index is 666. The summed E-state index contributed by atoms with van der Waals surface area (Å²) in [6.45, 7) is 6.19. The van der Waals surface area contributed by atoms with Crippen molar-refractivity contribution < 1.29 is 22.1 Å². The van der Waals surface area contributed by atoms with Gasteiger partial charge in [0.1, 0.15) is 11.4 Å². The van der Waals surface area contributed by atoms with Crippen LogP contribution in [-0.2, 0) is 24.8 Å². The fourth-order valence-corrected chi connectivity index (χ4v) is 3.86. The third kappa shape index (κ3) is 6.66.